The van der Waals surface area contributed by atoms with Crippen LogP contribution in [0.2, 0.25) is 0 Å². The van der Waals surface area contributed by atoms with E-state index >= 15 is 0 Å². The molecule has 0 saturated carbocycles. The molecule has 6 heteroatoms. The zero-order chi connectivity index (χ0) is 15.2. The normalized spacial score (nSPS) is 10.5. The number of rotatable bonds is 7. The van der Waals surface area contributed by atoms with Crippen LogP contribution in [0.4, 0.5) is 15.2 Å². The lowest BCUT2D eigenvalue weighted by Gasteiger charge is -2.16. The molecule has 114 valence electrons. The highest BCUT2D eigenvalue weighted by Crippen LogP contribution is 2.25. The van der Waals surface area contributed by atoms with Crippen molar-refractivity contribution in [3.05, 3.63) is 35.1 Å². The number of benzene rings is 1. The Kier molecular flexibility index (Phi) is 5.38. The van der Waals surface area contributed by atoms with Crippen LogP contribution in [0, 0.1) is 5.82 Å². The molecule has 0 bridgehead atoms. The highest BCUT2D eigenvalue weighted by Gasteiger charge is 2.09. The smallest absolute Gasteiger partial charge is 0.185 e. The van der Waals surface area contributed by atoms with Gasteiger partial charge in [0.05, 0.1) is 19.3 Å². The van der Waals surface area contributed by atoms with E-state index in [1.165, 1.54) is 6.07 Å². The first kappa shape index (κ1) is 15.6. The van der Waals surface area contributed by atoms with Crippen molar-refractivity contribution in [2.45, 2.75) is 20.4 Å². The van der Waals surface area contributed by atoms with Gasteiger partial charge in [-0.3, -0.25) is 0 Å². The Labute approximate surface area is 128 Å². The van der Waals surface area contributed by atoms with Gasteiger partial charge in [0, 0.05) is 30.2 Å². The summed E-state index contributed by atoms with van der Waals surface area (Å²) < 4.78 is 18.8. The Balaban J connectivity index is 2.03. The van der Waals surface area contributed by atoms with E-state index in [2.05, 4.69) is 29.0 Å². The Bertz CT molecular complexity index is 584. The molecular weight excluding hydrogens is 289 g/mol. The van der Waals surface area contributed by atoms with Gasteiger partial charge in [0.2, 0.25) is 0 Å². The lowest BCUT2D eigenvalue weighted by molar-refractivity contribution is 0.414. The highest BCUT2D eigenvalue weighted by molar-refractivity contribution is 7.15. The maximum Gasteiger partial charge on any atom is 0.185 e. The highest BCUT2D eigenvalue weighted by atomic mass is 32.1. The van der Waals surface area contributed by atoms with Gasteiger partial charge in [0.15, 0.2) is 5.13 Å². The number of hydrogen-bond donors (Lipinski definition) is 1. The van der Waals surface area contributed by atoms with Crippen molar-refractivity contribution in [1.82, 2.24) is 4.98 Å². The molecule has 0 aliphatic heterocycles. The SMILES string of the molecule is CCN(CC)c1ncc(CNc2cc(OC)ccc2F)s1. The molecule has 1 N–H and O–H groups in total. The predicted molar refractivity (Wildman–Crippen MR) is 86.0 cm³/mol. The average molecular weight is 309 g/mol. The summed E-state index contributed by atoms with van der Waals surface area (Å²) in [4.78, 5) is 7.68. The van der Waals surface area contributed by atoms with E-state index < -0.39 is 0 Å². The van der Waals surface area contributed by atoms with Crippen molar-refractivity contribution in [3.8, 4) is 5.75 Å². The Morgan fingerprint density at radius 2 is 2.10 bits per heavy atom. The molecule has 1 heterocycles. The van der Waals surface area contributed by atoms with Crippen LogP contribution in [0.3, 0.4) is 0 Å². The third-order valence-electron chi connectivity index (χ3n) is 3.20. The van der Waals surface area contributed by atoms with Gasteiger partial charge >= 0.3 is 0 Å². The summed E-state index contributed by atoms with van der Waals surface area (Å²) >= 11 is 1.62. The number of nitrogens with one attached hydrogen (secondary N) is 1. The number of anilines is 2. The summed E-state index contributed by atoms with van der Waals surface area (Å²) in [5.41, 5.74) is 0.437. The molecule has 0 fully saturated rings. The van der Waals surface area contributed by atoms with E-state index in [0.717, 1.165) is 23.1 Å². The first-order valence-electron chi connectivity index (χ1n) is 6.95. The molecular formula is C15H20FN3OS. The van der Waals surface area contributed by atoms with Crippen LogP contribution in [-0.4, -0.2) is 25.2 Å². The first-order chi connectivity index (χ1) is 10.2. The molecule has 0 atom stereocenters. The summed E-state index contributed by atoms with van der Waals surface area (Å²) in [7, 11) is 1.57. The summed E-state index contributed by atoms with van der Waals surface area (Å²) in [5.74, 6) is 0.344. The van der Waals surface area contributed by atoms with Crippen LogP contribution in [0.25, 0.3) is 0 Å². The number of methoxy groups -OCH3 is 1. The van der Waals surface area contributed by atoms with Gasteiger partial charge in [-0.1, -0.05) is 0 Å². The van der Waals surface area contributed by atoms with Crippen molar-refractivity contribution in [1.29, 1.82) is 0 Å². The number of nitrogens with zero attached hydrogens (tertiary/aromatic N) is 2. The summed E-state index contributed by atoms with van der Waals surface area (Å²) in [6.07, 6.45) is 1.84. The van der Waals surface area contributed by atoms with Crippen LogP contribution in [0.1, 0.15) is 18.7 Å². The molecule has 0 aliphatic rings. The fourth-order valence-electron chi connectivity index (χ4n) is 1.97. The van der Waals surface area contributed by atoms with E-state index in [-0.39, 0.29) is 5.82 Å². The summed E-state index contributed by atoms with van der Waals surface area (Å²) in [6.45, 7) is 6.62. The molecule has 1 aromatic heterocycles. The molecule has 0 amide bonds. The van der Waals surface area contributed by atoms with Crippen LogP contribution >= 0.6 is 11.3 Å². The Hall–Kier alpha value is -1.82. The Morgan fingerprint density at radius 1 is 1.33 bits per heavy atom. The van der Waals surface area contributed by atoms with E-state index in [9.17, 15) is 4.39 Å². The largest absolute Gasteiger partial charge is 0.497 e. The summed E-state index contributed by atoms with van der Waals surface area (Å²) in [5, 5.41) is 4.09. The molecule has 0 unspecified atom stereocenters. The number of thiazole rings is 1. The van der Waals surface area contributed by atoms with Crippen LogP contribution in [-0.2, 0) is 6.54 Å². The third-order valence-corrected chi connectivity index (χ3v) is 4.26. The molecule has 4 nitrogen and oxygen atoms in total. The van der Waals surface area contributed by atoms with Crippen molar-refractivity contribution in [3.63, 3.8) is 0 Å². The monoisotopic (exact) mass is 309 g/mol. The maximum atomic E-state index is 13.7. The van der Waals surface area contributed by atoms with E-state index in [0.29, 0.717) is 18.0 Å². The van der Waals surface area contributed by atoms with E-state index in [1.54, 1.807) is 30.6 Å². The molecule has 0 radical (unpaired) electrons. The zero-order valence-electron chi connectivity index (χ0n) is 12.5. The number of aromatic nitrogens is 1. The minimum atomic E-state index is -0.288. The van der Waals surface area contributed by atoms with Crippen molar-refractivity contribution < 1.29 is 9.13 Å². The van der Waals surface area contributed by atoms with Gasteiger partial charge in [-0.15, -0.1) is 11.3 Å². The van der Waals surface area contributed by atoms with Gasteiger partial charge in [0.1, 0.15) is 11.6 Å². The van der Waals surface area contributed by atoms with E-state index in [4.69, 9.17) is 4.74 Å². The lowest BCUT2D eigenvalue weighted by Crippen LogP contribution is -2.21. The quantitative estimate of drug-likeness (QED) is 0.845. The average Bonchev–Trinajstić information content (AvgIpc) is 2.96. The van der Waals surface area contributed by atoms with Crippen LogP contribution in [0.15, 0.2) is 24.4 Å². The van der Waals surface area contributed by atoms with Crippen molar-refractivity contribution in [2.75, 3.05) is 30.4 Å². The molecule has 0 spiro atoms. The molecule has 0 aliphatic carbocycles. The molecule has 2 rings (SSSR count). The second kappa shape index (κ2) is 7.26. The van der Waals surface area contributed by atoms with Gasteiger partial charge in [-0.05, 0) is 26.0 Å². The number of ether oxygens (including phenoxy) is 1. The maximum absolute atomic E-state index is 13.7. The zero-order valence-corrected chi connectivity index (χ0v) is 13.3. The topological polar surface area (TPSA) is 37.4 Å². The van der Waals surface area contributed by atoms with Crippen molar-refractivity contribution >= 4 is 22.2 Å². The third kappa shape index (κ3) is 3.85. The Morgan fingerprint density at radius 3 is 2.76 bits per heavy atom. The van der Waals surface area contributed by atoms with Gasteiger partial charge < -0.3 is 15.0 Å². The van der Waals surface area contributed by atoms with Crippen LogP contribution in [0.5, 0.6) is 5.75 Å². The number of halogens is 1. The van der Waals surface area contributed by atoms with Gasteiger partial charge in [0.25, 0.3) is 0 Å². The lowest BCUT2D eigenvalue weighted by atomic mass is 10.3. The standard InChI is InChI=1S/C15H20FN3OS/c1-4-19(5-2)15-18-10-12(21-15)9-17-14-8-11(20-3)6-7-13(14)16/h6-8,10,17H,4-5,9H2,1-3H3. The minimum absolute atomic E-state index is 0.288. The predicted octanol–water partition coefficient (Wildman–Crippen LogP) is 3.75. The van der Waals surface area contributed by atoms with Crippen molar-refractivity contribution in [2.24, 2.45) is 0 Å². The number of hydrogen-bond acceptors (Lipinski definition) is 5. The van der Waals surface area contributed by atoms with Gasteiger partial charge in [-0.25, -0.2) is 9.37 Å². The van der Waals surface area contributed by atoms with E-state index in [1.807, 2.05) is 6.20 Å². The fraction of sp³-hybridized carbons (Fsp3) is 0.400. The van der Waals surface area contributed by atoms with Gasteiger partial charge in [-0.2, -0.15) is 0 Å². The second-order valence-electron chi connectivity index (χ2n) is 4.48. The molecule has 0 saturated heterocycles. The van der Waals surface area contributed by atoms with Crippen LogP contribution < -0.4 is 15.0 Å². The molecule has 21 heavy (non-hydrogen) atoms. The molecule has 2 aromatic rings. The molecule has 1 aromatic carbocycles. The summed E-state index contributed by atoms with van der Waals surface area (Å²) in [6, 6.07) is 4.66. The first-order valence-corrected chi connectivity index (χ1v) is 7.76. The second-order valence-corrected chi connectivity index (χ2v) is 5.57. The minimum Gasteiger partial charge on any atom is -0.497 e. The fourth-order valence-corrected chi connectivity index (χ4v) is 2.95.